The third-order valence-corrected chi connectivity index (χ3v) is 5.32. The van der Waals surface area contributed by atoms with Crippen LogP contribution in [0.1, 0.15) is 31.2 Å². The molecule has 3 fully saturated rings. The molecule has 0 saturated heterocycles. The number of fused-ring (bicyclic) bond motifs is 3. The molecule has 0 amide bonds. The standard InChI is InChI=1S/C16H18ClF3N2O2/c1-24-15(23)13-8-2-4-9(5-3-8)14(13)22-12-7-10(16(18,19)20)6-11(17)21-12/h6-9,13-14H,2-5H2,1H3,(H,21,22)/t8?,9?,13-,14?/m0/s1. The molecule has 1 heterocycles. The Labute approximate surface area is 142 Å². The zero-order valence-electron chi connectivity index (χ0n) is 13.1. The Kier molecular flexibility index (Phi) is 4.64. The van der Waals surface area contributed by atoms with E-state index in [4.69, 9.17) is 16.3 Å². The minimum absolute atomic E-state index is 0.0429. The minimum Gasteiger partial charge on any atom is -0.469 e. The van der Waals surface area contributed by atoms with Gasteiger partial charge in [-0.1, -0.05) is 11.6 Å². The van der Waals surface area contributed by atoms with E-state index in [1.165, 1.54) is 7.11 Å². The number of ether oxygens (including phenoxy) is 1. The van der Waals surface area contributed by atoms with Crippen LogP contribution in [-0.2, 0) is 15.7 Å². The lowest BCUT2D eigenvalue weighted by Crippen LogP contribution is -2.51. The highest BCUT2D eigenvalue weighted by Crippen LogP contribution is 2.46. The topological polar surface area (TPSA) is 51.2 Å². The number of aromatic nitrogens is 1. The van der Waals surface area contributed by atoms with E-state index in [2.05, 4.69) is 10.3 Å². The molecule has 1 N–H and O–H groups in total. The molecule has 8 heteroatoms. The van der Waals surface area contributed by atoms with Gasteiger partial charge in [0.1, 0.15) is 11.0 Å². The molecule has 2 bridgehead atoms. The summed E-state index contributed by atoms with van der Waals surface area (Å²) in [4.78, 5) is 16.1. The van der Waals surface area contributed by atoms with E-state index in [1.807, 2.05) is 0 Å². The molecule has 1 unspecified atom stereocenters. The van der Waals surface area contributed by atoms with Crippen molar-refractivity contribution in [3.8, 4) is 0 Å². The fraction of sp³-hybridized carbons (Fsp3) is 0.625. The molecular weight excluding hydrogens is 345 g/mol. The highest BCUT2D eigenvalue weighted by atomic mass is 35.5. The van der Waals surface area contributed by atoms with Gasteiger partial charge in [-0.25, -0.2) is 4.98 Å². The Balaban J connectivity index is 1.88. The molecule has 4 nitrogen and oxygen atoms in total. The van der Waals surface area contributed by atoms with E-state index < -0.39 is 11.7 Å². The Morgan fingerprint density at radius 1 is 1.25 bits per heavy atom. The lowest BCUT2D eigenvalue weighted by Gasteiger charge is -2.47. The number of nitrogens with one attached hydrogen (secondary N) is 1. The van der Waals surface area contributed by atoms with E-state index in [9.17, 15) is 18.0 Å². The molecule has 1 aromatic rings. The molecule has 4 rings (SSSR count). The van der Waals surface area contributed by atoms with E-state index >= 15 is 0 Å². The first-order chi connectivity index (χ1) is 11.3. The van der Waals surface area contributed by atoms with Crippen molar-refractivity contribution < 1.29 is 22.7 Å². The van der Waals surface area contributed by atoms with Crippen molar-refractivity contribution in [2.24, 2.45) is 17.8 Å². The average molecular weight is 363 g/mol. The number of halogens is 4. The second kappa shape index (κ2) is 6.43. The van der Waals surface area contributed by atoms with Gasteiger partial charge in [-0.2, -0.15) is 13.2 Å². The number of nitrogens with zero attached hydrogens (tertiary/aromatic N) is 1. The van der Waals surface area contributed by atoms with Crippen molar-refractivity contribution in [3.63, 3.8) is 0 Å². The van der Waals surface area contributed by atoms with Crippen LogP contribution < -0.4 is 5.32 Å². The normalized spacial score (nSPS) is 29.4. The van der Waals surface area contributed by atoms with Crippen LogP contribution >= 0.6 is 11.6 Å². The molecule has 0 aromatic carbocycles. The fourth-order valence-electron chi connectivity index (χ4n) is 4.04. The van der Waals surface area contributed by atoms with Gasteiger partial charge < -0.3 is 10.1 Å². The third kappa shape index (κ3) is 3.31. The van der Waals surface area contributed by atoms with Gasteiger partial charge in [0, 0.05) is 6.04 Å². The fourth-order valence-corrected chi connectivity index (χ4v) is 4.25. The highest BCUT2D eigenvalue weighted by molar-refractivity contribution is 6.29. The summed E-state index contributed by atoms with van der Waals surface area (Å²) in [5, 5.41) is 2.80. The Morgan fingerprint density at radius 3 is 2.46 bits per heavy atom. The van der Waals surface area contributed by atoms with Crippen molar-refractivity contribution in [2.75, 3.05) is 12.4 Å². The number of esters is 1. The smallest absolute Gasteiger partial charge is 0.416 e. The van der Waals surface area contributed by atoms with Crippen LogP contribution in [0.5, 0.6) is 0 Å². The number of rotatable bonds is 3. The SMILES string of the molecule is COC(=O)[C@H]1C2CCC(CC2)C1Nc1cc(C(F)(F)F)cc(Cl)n1. The van der Waals surface area contributed by atoms with E-state index in [0.717, 1.165) is 37.8 Å². The first kappa shape index (κ1) is 17.3. The Bertz CT molecular complexity index is 630. The van der Waals surface area contributed by atoms with Gasteiger partial charge in [-0.05, 0) is 49.7 Å². The van der Waals surface area contributed by atoms with Crippen LogP contribution in [-0.4, -0.2) is 24.1 Å². The molecule has 3 aliphatic rings. The Morgan fingerprint density at radius 2 is 1.88 bits per heavy atom. The maximum atomic E-state index is 12.9. The number of anilines is 1. The van der Waals surface area contributed by atoms with Crippen LogP contribution in [0.2, 0.25) is 5.15 Å². The third-order valence-electron chi connectivity index (χ3n) is 5.13. The van der Waals surface area contributed by atoms with Crippen LogP contribution in [0.25, 0.3) is 0 Å². The molecule has 2 atom stereocenters. The maximum absolute atomic E-state index is 12.9. The zero-order chi connectivity index (χ0) is 17.5. The van der Waals surface area contributed by atoms with E-state index in [0.29, 0.717) is 0 Å². The largest absolute Gasteiger partial charge is 0.469 e. The van der Waals surface area contributed by atoms with Crippen LogP contribution in [0.15, 0.2) is 12.1 Å². The molecule has 3 saturated carbocycles. The van der Waals surface area contributed by atoms with Crippen molar-refractivity contribution in [1.82, 2.24) is 4.98 Å². The zero-order valence-corrected chi connectivity index (χ0v) is 13.8. The predicted octanol–water partition coefficient (Wildman–Crippen LogP) is 4.14. The van der Waals surface area contributed by atoms with Crippen molar-refractivity contribution in [2.45, 2.75) is 37.9 Å². The van der Waals surface area contributed by atoms with Crippen molar-refractivity contribution in [3.05, 3.63) is 22.8 Å². The summed E-state index contributed by atoms with van der Waals surface area (Å²) in [6, 6.07) is 1.44. The molecule has 0 radical (unpaired) electrons. The van der Waals surface area contributed by atoms with Crippen LogP contribution in [0, 0.1) is 17.8 Å². The molecule has 132 valence electrons. The molecule has 0 spiro atoms. The quantitative estimate of drug-likeness (QED) is 0.648. The molecule has 3 aliphatic carbocycles. The summed E-state index contributed by atoms with van der Waals surface area (Å²) in [5.74, 6) is -0.227. The number of carbonyl (C=O) groups excluding carboxylic acids is 1. The predicted molar refractivity (Wildman–Crippen MR) is 82.6 cm³/mol. The molecule has 24 heavy (non-hydrogen) atoms. The lowest BCUT2D eigenvalue weighted by atomic mass is 9.61. The number of carbonyl (C=O) groups is 1. The van der Waals surface area contributed by atoms with Gasteiger partial charge in [0.2, 0.25) is 0 Å². The second-order valence-electron chi connectivity index (χ2n) is 6.46. The van der Waals surface area contributed by atoms with Gasteiger partial charge in [0.25, 0.3) is 0 Å². The summed E-state index contributed by atoms with van der Waals surface area (Å²) in [6.07, 6.45) is -0.722. The number of pyridine rings is 1. The lowest BCUT2D eigenvalue weighted by molar-refractivity contribution is -0.152. The van der Waals surface area contributed by atoms with E-state index in [1.54, 1.807) is 0 Å². The van der Waals surface area contributed by atoms with Gasteiger partial charge in [-0.15, -0.1) is 0 Å². The summed E-state index contributed by atoms with van der Waals surface area (Å²) in [6.45, 7) is 0. The Hall–Kier alpha value is -1.50. The van der Waals surface area contributed by atoms with Gasteiger partial charge >= 0.3 is 12.1 Å². The maximum Gasteiger partial charge on any atom is 0.416 e. The van der Waals surface area contributed by atoms with Crippen LogP contribution in [0.3, 0.4) is 0 Å². The summed E-state index contributed by atoms with van der Waals surface area (Å²) < 4.78 is 43.7. The first-order valence-electron chi connectivity index (χ1n) is 7.88. The van der Waals surface area contributed by atoms with Gasteiger partial charge in [0.05, 0.1) is 18.6 Å². The van der Waals surface area contributed by atoms with Gasteiger partial charge in [-0.3, -0.25) is 4.79 Å². The molecular formula is C16H18ClF3N2O2. The summed E-state index contributed by atoms with van der Waals surface area (Å²) in [5.41, 5.74) is -0.861. The monoisotopic (exact) mass is 362 g/mol. The number of hydrogen-bond acceptors (Lipinski definition) is 4. The van der Waals surface area contributed by atoms with Crippen LogP contribution in [0.4, 0.5) is 19.0 Å². The van der Waals surface area contributed by atoms with Gasteiger partial charge in [0.15, 0.2) is 0 Å². The molecule has 1 aromatic heterocycles. The van der Waals surface area contributed by atoms with E-state index in [-0.39, 0.29) is 40.7 Å². The number of methoxy groups -OCH3 is 1. The van der Waals surface area contributed by atoms with Crippen molar-refractivity contribution >= 4 is 23.4 Å². The second-order valence-corrected chi connectivity index (χ2v) is 6.84. The minimum atomic E-state index is -4.50. The summed E-state index contributed by atoms with van der Waals surface area (Å²) in [7, 11) is 1.33. The number of hydrogen-bond donors (Lipinski definition) is 1. The van der Waals surface area contributed by atoms with Crippen molar-refractivity contribution in [1.29, 1.82) is 0 Å². The highest BCUT2D eigenvalue weighted by Gasteiger charge is 2.48. The summed E-state index contributed by atoms with van der Waals surface area (Å²) >= 11 is 5.74. The average Bonchev–Trinajstić information content (AvgIpc) is 2.54. The first-order valence-corrected chi connectivity index (χ1v) is 8.26. The number of alkyl halides is 3. The molecule has 0 aliphatic heterocycles.